The van der Waals surface area contributed by atoms with Crippen LogP contribution in [-0.2, 0) is 6.42 Å². The number of rotatable bonds is 2. The smallest absolute Gasteiger partial charge is 0.0408 e. The molecule has 2 nitrogen and oxygen atoms in total. The molecule has 1 heterocycles. The van der Waals surface area contributed by atoms with E-state index in [1.54, 1.807) is 0 Å². The first-order chi connectivity index (χ1) is 9.16. The van der Waals surface area contributed by atoms with Gasteiger partial charge in [-0.25, -0.2) is 0 Å². The normalized spacial score (nSPS) is 29.2. The molecular weight excluding hydrogens is 256 g/mol. The topological polar surface area (TPSA) is 29.3 Å². The van der Waals surface area contributed by atoms with E-state index in [4.69, 9.17) is 17.3 Å². The van der Waals surface area contributed by atoms with Crippen molar-refractivity contribution < 1.29 is 0 Å². The highest BCUT2D eigenvalue weighted by molar-refractivity contribution is 6.30. The molecule has 3 rings (SSSR count). The van der Waals surface area contributed by atoms with Crippen LogP contribution in [0, 0.1) is 0 Å². The first-order valence-corrected chi connectivity index (χ1v) is 7.84. The molecule has 2 N–H and O–H groups in total. The molecule has 2 aliphatic rings. The first kappa shape index (κ1) is 13.4. The second-order valence-corrected chi connectivity index (χ2v) is 6.49. The molecule has 3 heteroatoms. The number of aryl methyl sites for hydroxylation is 1. The van der Waals surface area contributed by atoms with Gasteiger partial charge in [0, 0.05) is 23.1 Å². The third-order valence-corrected chi connectivity index (χ3v) is 4.99. The van der Waals surface area contributed by atoms with Crippen molar-refractivity contribution in [2.75, 3.05) is 6.54 Å². The minimum absolute atomic E-state index is 0.261. The van der Waals surface area contributed by atoms with E-state index in [9.17, 15) is 0 Å². The summed E-state index contributed by atoms with van der Waals surface area (Å²) in [7, 11) is 0. The SMILES string of the molecule is CC(N)C1CCCCN1C1CCc2cc(Cl)ccc21. The molecule has 1 aromatic rings. The van der Waals surface area contributed by atoms with Gasteiger partial charge in [0.15, 0.2) is 0 Å². The van der Waals surface area contributed by atoms with Crippen LogP contribution in [0.4, 0.5) is 0 Å². The number of nitrogens with zero attached hydrogens (tertiary/aromatic N) is 1. The molecule has 19 heavy (non-hydrogen) atoms. The summed E-state index contributed by atoms with van der Waals surface area (Å²) in [6.45, 7) is 3.35. The molecule has 1 fully saturated rings. The van der Waals surface area contributed by atoms with Gasteiger partial charge >= 0.3 is 0 Å². The van der Waals surface area contributed by atoms with Gasteiger partial charge in [0.05, 0.1) is 0 Å². The lowest BCUT2D eigenvalue weighted by molar-refractivity contribution is 0.0811. The fourth-order valence-electron chi connectivity index (χ4n) is 3.84. The van der Waals surface area contributed by atoms with Gasteiger partial charge < -0.3 is 5.73 Å². The van der Waals surface area contributed by atoms with E-state index in [2.05, 4.69) is 24.0 Å². The third-order valence-electron chi connectivity index (χ3n) is 4.75. The number of piperidine rings is 1. The number of hydrogen-bond donors (Lipinski definition) is 1. The molecule has 3 unspecified atom stereocenters. The lowest BCUT2D eigenvalue weighted by atomic mass is 9.93. The monoisotopic (exact) mass is 278 g/mol. The van der Waals surface area contributed by atoms with E-state index in [-0.39, 0.29) is 6.04 Å². The summed E-state index contributed by atoms with van der Waals surface area (Å²) in [5.41, 5.74) is 9.13. The molecule has 0 radical (unpaired) electrons. The molecule has 1 aliphatic heterocycles. The lowest BCUT2D eigenvalue weighted by Crippen LogP contribution is -2.50. The second kappa shape index (κ2) is 5.43. The summed E-state index contributed by atoms with van der Waals surface area (Å²) in [5, 5.41) is 0.863. The van der Waals surface area contributed by atoms with Gasteiger partial charge in [-0.3, -0.25) is 4.90 Å². The van der Waals surface area contributed by atoms with Crippen LogP contribution in [-0.4, -0.2) is 23.5 Å². The predicted octanol–water partition coefficient (Wildman–Crippen LogP) is 3.53. The van der Waals surface area contributed by atoms with Gasteiger partial charge in [0.2, 0.25) is 0 Å². The molecule has 1 aromatic carbocycles. The van der Waals surface area contributed by atoms with Crippen LogP contribution in [0.15, 0.2) is 18.2 Å². The fraction of sp³-hybridized carbons (Fsp3) is 0.625. The fourth-order valence-corrected chi connectivity index (χ4v) is 4.03. The van der Waals surface area contributed by atoms with Crippen molar-refractivity contribution in [1.29, 1.82) is 0 Å². The maximum Gasteiger partial charge on any atom is 0.0408 e. The molecule has 1 aliphatic carbocycles. The highest BCUT2D eigenvalue weighted by Crippen LogP contribution is 2.40. The quantitative estimate of drug-likeness (QED) is 0.897. The minimum Gasteiger partial charge on any atom is -0.327 e. The van der Waals surface area contributed by atoms with Crippen LogP contribution >= 0.6 is 11.6 Å². The number of likely N-dealkylation sites (tertiary alicyclic amines) is 1. The standard InChI is InChI=1S/C16H23ClN2/c1-11(18)15-4-2-3-9-19(15)16-8-5-12-10-13(17)6-7-14(12)16/h6-7,10-11,15-16H,2-5,8-9,18H2,1H3. The molecule has 0 aromatic heterocycles. The Kier molecular flexibility index (Phi) is 3.84. The number of hydrogen-bond acceptors (Lipinski definition) is 2. The largest absolute Gasteiger partial charge is 0.327 e. The molecule has 0 spiro atoms. The van der Waals surface area contributed by atoms with Crippen molar-refractivity contribution in [3.63, 3.8) is 0 Å². The maximum absolute atomic E-state index is 6.21. The molecular formula is C16H23ClN2. The average molecular weight is 279 g/mol. The molecule has 0 amide bonds. The molecule has 3 atom stereocenters. The van der Waals surface area contributed by atoms with Crippen molar-refractivity contribution in [2.45, 2.75) is 57.2 Å². The van der Waals surface area contributed by atoms with Crippen LogP contribution in [0.25, 0.3) is 0 Å². The maximum atomic E-state index is 6.21. The van der Waals surface area contributed by atoms with Crippen molar-refractivity contribution >= 4 is 11.6 Å². The Labute approximate surface area is 120 Å². The Morgan fingerprint density at radius 2 is 2.16 bits per heavy atom. The zero-order chi connectivity index (χ0) is 13.4. The Bertz CT molecular complexity index is 458. The summed E-state index contributed by atoms with van der Waals surface area (Å²) in [6.07, 6.45) is 6.25. The van der Waals surface area contributed by atoms with Crippen molar-refractivity contribution in [1.82, 2.24) is 4.90 Å². The van der Waals surface area contributed by atoms with E-state index in [0.29, 0.717) is 12.1 Å². The van der Waals surface area contributed by atoms with Gasteiger partial charge in [-0.2, -0.15) is 0 Å². The number of halogens is 1. The third kappa shape index (κ3) is 2.54. The lowest BCUT2D eigenvalue weighted by Gasteiger charge is -2.42. The van der Waals surface area contributed by atoms with Crippen molar-refractivity contribution in [2.24, 2.45) is 5.73 Å². The second-order valence-electron chi connectivity index (χ2n) is 6.06. The van der Waals surface area contributed by atoms with Crippen molar-refractivity contribution in [3.8, 4) is 0 Å². The van der Waals surface area contributed by atoms with Gasteiger partial charge in [-0.05, 0) is 62.4 Å². The van der Waals surface area contributed by atoms with Gasteiger partial charge in [0.25, 0.3) is 0 Å². The first-order valence-electron chi connectivity index (χ1n) is 7.46. The highest BCUT2D eigenvalue weighted by atomic mass is 35.5. The number of fused-ring (bicyclic) bond motifs is 1. The van der Waals surface area contributed by atoms with Crippen LogP contribution in [0.1, 0.15) is 49.8 Å². The molecule has 104 valence electrons. The van der Waals surface area contributed by atoms with Crippen LogP contribution in [0.5, 0.6) is 0 Å². The van der Waals surface area contributed by atoms with Gasteiger partial charge in [0.1, 0.15) is 0 Å². The van der Waals surface area contributed by atoms with Crippen LogP contribution in [0.2, 0.25) is 5.02 Å². The Morgan fingerprint density at radius 3 is 2.95 bits per heavy atom. The number of benzene rings is 1. The number of nitrogens with two attached hydrogens (primary N) is 1. The zero-order valence-electron chi connectivity index (χ0n) is 11.6. The van der Waals surface area contributed by atoms with Gasteiger partial charge in [-0.1, -0.05) is 24.1 Å². The van der Waals surface area contributed by atoms with E-state index >= 15 is 0 Å². The Morgan fingerprint density at radius 1 is 1.32 bits per heavy atom. The minimum atomic E-state index is 0.261. The van der Waals surface area contributed by atoms with E-state index in [1.807, 2.05) is 6.07 Å². The van der Waals surface area contributed by atoms with E-state index < -0.39 is 0 Å². The molecule has 0 bridgehead atoms. The predicted molar refractivity (Wildman–Crippen MR) is 80.5 cm³/mol. The summed E-state index contributed by atoms with van der Waals surface area (Å²) in [5.74, 6) is 0. The Hall–Kier alpha value is -0.570. The molecule has 1 saturated heterocycles. The zero-order valence-corrected chi connectivity index (χ0v) is 12.4. The molecule has 0 saturated carbocycles. The summed E-state index contributed by atoms with van der Waals surface area (Å²) >= 11 is 6.10. The van der Waals surface area contributed by atoms with Crippen LogP contribution < -0.4 is 5.73 Å². The van der Waals surface area contributed by atoms with Crippen LogP contribution in [0.3, 0.4) is 0 Å². The van der Waals surface area contributed by atoms with E-state index in [0.717, 1.165) is 11.4 Å². The van der Waals surface area contributed by atoms with E-state index in [1.165, 1.54) is 43.4 Å². The summed E-state index contributed by atoms with van der Waals surface area (Å²) in [6, 6.07) is 7.76. The summed E-state index contributed by atoms with van der Waals surface area (Å²) in [4.78, 5) is 2.66. The Balaban J connectivity index is 1.87. The summed E-state index contributed by atoms with van der Waals surface area (Å²) < 4.78 is 0. The van der Waals surface area contributed by atoms with Gasteiger partial charge in [-0.15, -0.1) is 0 Å². The highest BCUT2D eigenvalue weighted by Gasteiger charge is 2.35. The van der Waals surface area contributed by atoms with Crippen molar-refractivity contribution in [3.05, 3.63) is 34.3 Å². The average Bonchev–Trinajstić information content (AvgIpc) is 2.81.